The fraction of sp³-hybridized carbons (Fsp3) is 0.649. The van der Waals surface area contributed by atoms with E-state index in [0.717, 1.165) is 36.0 Å². The molecule has 1 aromatic carbocycles. The highest BCUT2D eigenvalue weighted by atomic mass is 32.2. The molecular formula is C57H65F7N2O10S2. The zero-order valence-electron chi connectivity index (χ0n) is 42.3. The number of aliphatic hydroxyl groups excluding tert-OH is 2. The first-order valence-corrected chi connectivity index (χ1v) is 27.3. The predicted molar refractivity (Wildman–Crippen MR) is 273 cm³/mol. The van der Waals surface area contributed by atoms with Crippen LogP contribution in [-0.2, 0) is 44.3 Å². The van der Waals surface area contributed by atoms with Crippen molar-refractivity contribution in [1.29, 1.82) is 10.5 Å². The number of thioether (sulfide) groups is 2. The van der Waals surface area contributed by atoms with Crippen LogP contribution in [-0.4, -0.2) is 109 Å². The van der Waals surface area contributed by atoms with Crippen LogP contribution in [0.3, 0.4) is 0 Å². The van der Waals surface area contributed by atoms with Crippen LogP contribution in [0.4, 0.5) is 30.7 Å². The SMILES string of the molecule is C.C.CC1(C)O[C@@H]2C[C@H]3[C@@H]4C[C@H](F)C5=CC(=O)C=C[C@]5(C)[C@@]4(F)[C@@H](O)C[C@]3(C)[C@]2(C(=O)SCC#N)O1.C[C@]12C=CC(=O)C=C1[C@@H](F)C[C@H]1[C@@H]3C[C@H]4OC(c5ccc(C(F)(F)F)cc5)O[C@@]4(C(=O)SCC#N)[C@@]3(C)C[C@H](O)[C@@]12F. The number of carbonyl (C=O) groups is 4. The van der Waals surface area contributed by atoms with Gasteiger partial charge in [0.05, 0.1) is 53.6 Å². The highest BCUT2D eigenvalue weighted by Crippen LogP contribution is 2.75. The van der Waals surface area contributed by atoms with Gasteiger partial charge in [0.2, 0.25) is 10.2 Å². The number of nitriles is 2. The van der Waals surface area contributed by atoms with Gasteiger partial charge in [0.15, 0.2) is 46.2 Å². The molecule has 78 heavy (non-hydrogen) atoms. The molecule has 10 aliphatic rings. The summed E-state index contributed by atoms with van der Waals surface area (Å²) in [5.41, 5.74) is -14.0. The Kier molecular flexibility index (Phi) is 15.0. The van der Waals surface area contributed by atoms with Crippen LogP contribution in [0, 0.1) is 68.0 Å². The Morgan fingerprint density at radius 2 is 1.12 bits per heavy atom. The van der Waals surface area contributed by atoms with Gasteiger partial charge in [-0.05, 0) is 126 Å². The second-order valence-electron chi connectivity index (χ2n) is 23.4. The molecule has 0 spiro atoms. The number of hydrogen-bond acceptors (Lipinski definition) is 14. The summed E-state index contributed by atoms with van der Waals surface area (Å²) in [6.07, 6.45) is -7.17. The molecule has 2 saturated heterocycles. The van der Waals surface area contributed by atoms with E-state index >= 15 is 17.6 Å². The number of rotatable bonds is 5. The Balaban J connectivity index is 0.000000205. The molecule has 6 saturated carbocycles. The summed E-state index contributed by atoms with van der Waals surface area (Å²) in [6.45, 7) is 9.89. The number of hydrogen-bond donors (Lipinski definition) is 2. The maximum Gasteiger partial charge on any atom is 0.416 e. The second kappa shape index (κ2) is 19.5. The van der Waals surface area contributed by atoms with Gasteiger partial charge in [-0.25, -0.2) is 17.6 Å². The zero-order valence-corrected chi connectivity index (χ0v) is 43.9. The highest BCUT2D eigenvalue weighted by Gasteiger charge is 2.82. The van der Waals surface area contributed by atoms with E-state index in [2.05, 4.69) is 0 Å². The largest absolute Gasteiger partial charge is 0.416 e. The minimum atomic E-state index is -4.56. The third kappa shape index (κ3) is 7.88. The first-order valence-electron chi connectivity index (χ1n) is 25.3. The molecule has 8 aliphatic carbocycles. The number of carbonyl (C=O) groups excluding carboxylic acids is 4. The molecule has 2 aliphatic heterocycles. The summed E-state index contributed by atoms with van der Waals surface area (Å²) in [5, 5.41) is 40.3. The van der Waals surface area contributed by atoms with E-state index in [-0.39, 0.29) is 86.7 Å². The van der Waals surface area contributed by atoms with Crippen molar-refractivity contribution in [3.05, 3.63) is 83.0 Å². The van der Waals surface area contributed by atoms with Crippen molar-refractivity contribution in [2.75, 3.05) is 11.5 Å². The maximum atomic E-state index is 17.5. The Morgan fingerprint density at radius 1 is 0.679 bits per heavy atom. The van der Waals surface area contributed by atoms with Crippen LogP contribution in [0.5, 0.6) is 0 Å². The normalized spacial score (nSPS) is 45.7. The van der Waals surface area contributed by atoms with E-state index in [4.69, 9.17) is 24.2 Å². The lowest BCUT2D eigenvalue weighted by atomic mass is 9.44. The molecule has 11 rings (SSSR count). The first kappa shape index (κ1) is 59.9. The van der Waals surface area contributed by atoms with Crippen molar-refractivity contribution in [1.82, 2.24) is 0 Å². The van der Waals surface area contributed by atoms with Crippen molar-refractivity contribution in [3.8, 4) is 12.1 Å². The lowest BCUT2D eigenvalue weighted by molar-refractivity contribution is -0.246. The number of ketones is 2. The van der Waals surface area contributed by atoms with Gasteiger partial charge in [0.25, 0.3) is 0 Å². The number of fused-ring (bicyclic) bond motifs is 14. The number of benzene rings is 1. The van der Waals surface area contributed by atoms with E-state index in [1.807, 2.05) is 12.1 Å². The molecule has 0 bridgehead atoms. The van der Waals surface area contributed by atoms with Crippen molar-refractivity contribution in [2.45, 2.75) is 172 Å². The zero-order chi connectivity index (χ0) is 55.4. The van der Waals surface area contributed by atoms with Gasteiger partial charge < -0.3 is 29.2 Å². The molecule has 424 valence electrons. The average Bonchev–Trinajstić information content (AvgIpc) is 3.65. The van der Waals surface area contributed by atoms with Crippen LogP contribution in [0.15, 0.2) is 71.9 Å². The monoisotopic (exact) mass is 1130 g/mol. The Morgan fingerprint density at radius 3 is 1.56 bits per heavy atom. The molecule has 0 radical (unpaired) electrons. The van der Waals surface area contributed by atoms with E-state index < -0.39 is 145 Å². The summed E-state index contributed by atoms with van der Waals surface area (Å²) in [4.78, 5) is 51.6. The van der Waals surface area contributed by atoms with Gasteiger partial charge in [-0.3, -0.25) is 19.2 Å². The lowest BCUT2D eigenvalue weighted by Gasteiger charge is -2.63. The molecule has 12 nitrogen and oxygen atoms in total. The molecule has 19 atom stereocenters. The maximum absolute atomic E-state index is 17.5. The Bertz CT molecular complexity index is 2890. The smallest absolute Gasteiger partial charge is 0.390 e. The second-order valence-corrected chi connectivity index (χ2v) is 25.3. The fourth-order valence-electron chi connectivity index (χ4n) is 16.3. The van der Waals surface area contributed by atoms with Gasteiger partial charge in [0.1, 0.15) is 12.3 Å². The van der Waals surface area contributed by atoms with Gasteiger partial charge >= 0.3 is 6.18 Å². The summed E-state index contributed by atoms with van der Waals surface area (Å²) in [7, 11) is 0. The standard InChI is InChI=1S/C30H28F5NO5S.C25H29F2NO5S.2CH4/c1-26-8-7-17(37)11-20(26)21(31)12-19-18-13-23-29(25(39)42-10-9-36,27(18,2)14-22(38)28(19,26)32)41-24(40-23)15-3-5-16(6-4-15)30(33,34)35;1-21(2)32-19-11-14-15-10-17(26)16-9-13(29)5-6-22(16,3)24(15,27)18(30)12-23(14,4)25(19,33-21)20(31)34-8-7-28;;/h3-8,11,18-19,21-24,38H,10,12-14H2,1-2H3;5-6,9,14-15,17-19,30H,8,10-12H2,1-4H3;2*1H4/t18-,19-,21-,22-,23+,24?,26-,27-,28-,29-;14-,15-,17-,18-,19+,22-,23-,24-,25-;;/m00../s1. The summed E-state index contributed by atoms with van der Waals surface area (Å²) in [5.74, 6) is -5.49. The quantitative estimate of drug-likeness (QED) is 0.265. The molecular weight excluding hydrogens is 1070 g/mol. The van der Waals surface area contributed by atoms with Gasteiger partial charge in [0, 0.05) is 39.1 Å². The highest BCUT2D eigenvalue weighted by molar-refractivity contribution is 8.14. The van der Waals surface area contributed by atoms with Crippen LogP contribution in [0.1, 0.15) is 112 Å². The van der Waals surface area contributed by atoms with Crippen molar-refractivity contribution < 1.29 is 79.1 Å². The van der Waals surface area contributed by atoms with Crippen LogP contribution < -0.4 is 0 Å². The topological polar surface area (TPSA) is 193 Å². The Hall–Kier alpha value is -4.19. The van der Waals surface area contributed by atoms with E-state index in [9.17, 15) is 47.8 Å². The number of alkyl halides is 7. The van der Waals surface area contributed by atoms with Crippen molar-refractivity contribution >= 4 is 45.3 Å². The third-order valence-corrected chi connectivity index (χ3v) is 21.3. The minimum absolute atomic E-state index is 0. The van der Waals surface area contributed by atoms with Crippen molar-refractivity contribution in [2.24, 2.45) is 45.3 Å². The number of allylic oxidation sites excluding steroid dienone is 8. The third-order valence-electron chi connectivity index (χ3n) is 19.6. The summed E-state index contributed by atoms with van der Waals surface area (Å²) < 4.78 is 131. The molecule has 0 aromatic heterocycles. The molecule has 2 N–H and O–H groups in total. The molecule has 1 aromatic rings. The van der Waals surface area contributed by atoms with E-state index in [1.165, 1.54) is 43.4 Å². The molecule has 21 heteroatoms. The summed E-state index contributed by atoms with van der Waals surface area (Å²) >= 11 is 1.52. The van der Waals surface area contributed by atoms with Gasteiger partial charge in [-0.15, -0.1) is 0 Å². The molecule has 1 unspecified atom stereocenters. The Labute approximate surface area is 457 Å². The van der Waals surface area contributed by atoms with E-state index in [0.29, 0.717) is 11.8 Å². The molecule has 8 fully saturated rings. The van der Waals surface area contributed by atoms with Crippen molar-refractivity contribution in [3.63, 3.8) is 0 Å². The van der Waals surface area contributed by atoms with Gasteiger partial charge in [-0.2, -0.15) is 23.7 Å². The van der Waals surface area contributed by atoms with Gasteiger partial charge in [-0.1, -0.05) is 76.5 Å². The summed E-state index contributed by atoms with van der Waals surface area (Å²) in [6, 6.07) is 7.98. The predicted octanol–water partition coefficient (Wildman–Crippen LogP) is 10.4. The van der Waals surface area contributed by atoms with Crippen LogP contribution >= 0.6 is 23.5 Å². The van der Waals surface area contributed by atoms with E-state index in [1.54, 1.807) is 34.6 Å². The molecule has 0 amide bonds. The number of aliphatic hydroxyl groups is 2. The average molecular weight is 1140 g/mol. The lowest BCUT2D eigenvalue weighted by Crippen LogP contribution is -2.70. The minimum Gasteiger partial charge on any atom is -0.390 e. The van der Waals surface area contributed by atoms with Crippen LogP contribution in [0.25, 0.3) is 0 Å². The first-order chi connectivity index (χ1) is 35.4. The fourth-order valence-corrected chi connectivity index (χ4v) is 18.0. The number of halogens is 7. The number of nitrogens with zero attached hydrogens (tertiary/aromatic N) is 2. The number of ether oxygens (including phenoxy) is 4. The molecule has 2 heterocycles. The van der Waals surface area contributed by atoms with Crippen LogP contribution in [0.2, 0.25) is 0 Å².